The molecular formula is C20H25NO. The molecule has 0 heterocycles. The first-order valence-electron chi connectivity index (χ1n) is 8.06. The molecule has 0 bridgehead atoms. The summed E-state index contributed by atoms with van der Waals surface area (Å²) in [5.74, 6) is 0.0803. The third-order valence-electron chi connectivity index (χ3n) is 4.02. The molecule has 2 rings (SSSR count). The highest BCUT2D eigenvalue weighted by Gasteiger charge is 2.12. The van der Waals surface area contributed by atoms with Crippen LogP contribution in [0.5, 0.6) is 0 Å². The van der Waals surface area contributed by atoms with E-state index in [0.29, 0.717) is 6.42 Å². The summed E-state index contributed by atoms with van der Waals surface area (Å²) >= 11 is 0. The Bertz CT molecular complexity index is 599. The summed E-state index contributed by atoms with van der Waals surface area (Å²) in [5, 5.41) is 3.14. The van der Waals surface area contributed by atoms with Gasteiger partial charge in [0.15, 0.2) is 0 Å². The summed E-state index contributed by atoms with van der Waals surface area (Å²) in [4.78, 5) is 12.3. The van der Waals surface area contributed by atoms with E-state index in [9.17, 15) is 4.79 Å². The van der Waals surface area contributed by atoms with Crippen molar-refractivity contribution < 1.29 is 4.79 Å². The van der Waals surface area contributed by atoms with E-state index in [-0.39, 0.29) is 11.9 Å². The van der Waals surface area contributed by atoms with Crippen molar-refractivity contribution in [3.63, 3.8) is 0 Å². The summed E-state index contributed by atoms with van der Waals surface area (Å²) in [6.45, 7) is 6.30. The van der Waals surface area contributed by atoms with Crippen LogP contribution in [-0.2, 0) is 17.6 Å². The number of amides is 1. The quantitative estimate of drug-likeness (QED) is 0.842. The molecule has 0 aliphatic rings. The van der Waals surface area contributed by atoms with E-state index in [1.54, 1.807) is 0 Å². The highest BCUT2D eigenvalue weighted by Crippen LogP contribution is 2.17. The van der Waals surface area contributed by atoms with E-state index in [1.165, 1.54) is 16.7 Å². The van der Waals surface area contributed by atoms with Crippen LogP contribution < -0.4 is 5.32 Å². The van der Waals surface area contributed by atoms with Gasteiger partial charge in [-0.05, 0) is 36.5 Å². The van der Waals surface area contributed by atoms with E-state index < -0.39 is 0 Å². The largest absolute Gasteiger partial charge is 0.349 e. The van der Waals surface area contributed by atoms with Gasteiger partial charge in [0.2, 0.25) is 5.91 Å². The van der Waals surface area contributed by atoms with Gasteiger partial charge >= 0.3 is 0 Å². The van der Waals surface area contributed by atoms with Gasteiger partial charge in [-0.2, -0.15) is 0 Å². The first-order valence-corrected chi connectivity index (χ1v) is 8.06. The van der Waals surface area contributed by atoms with Crippen LogP contribution in [0, 0.1) is 6.92 Å². The summed E-state index contributed by atoms with van der Waals surface area (Å²) in [6.07, 6.45) is 2.35. The van der Waals surface area contributed by atoms with Crippen molar-refractivity contribution >= 4 is 5.91 Å². The van der Waals surface area contributed by atoms with Crippen molar-refractivity contribution in [3.05, 3.63) is 70.8 Å². The SMILES string of the molecule is CCc1ccc(CC(=O)N[C@@H](CC)c2ccc(C)cc2)cc1. The van der Waals surface area contributed by atoms with Crippen molar-refractivity contribution in [3.8, 4) is 0 Å². The van der Waals surface area contributed by atoms with Crippen LogP contribution in [0.2, 0.25) is 0 Å². The van der Waals surface area contributed by atoms with Gasteiger partial charge in [0.05, 0.1) is 12.5 Å². The molecule has 22 heavy (non-hydrogen) atoms. The Kier molecular flexibility index (Phi) is 5.76. The third kappa shape index (κ3) is 4.45. The van der Waals surface area contributed by atoms with Crippen molar-refractivity contribution in [1.82, 2.24) is 5.32 Å². The Labute approximate surface area is 133 Å². The van der Waals surface area contributed by atoms with Crippen molar-refractivity contribution in [2.24, 2.45) is 0 Å². The number of carbonyl (C=O) groups excluding carboxylic acids is 1. The topological polar surface area (TPSA) is 29.1 Å². The number of carbonyl (C=O) groups is 1. The second-order valence-corrected chi connectivity index (χ2v) is 5.79. The van der Waals surface area contributed by atoms with Crippen LogP contribution in [0.1, 0.15) is 48.6 Å². The number of rotatable bonds is 6. The molecule has 0 aromatic heterocycles. The monoisotopic (exact) mass is 295 g/mol. The zero-order valence-electron chi connectivity index (χ0n) is 13.7. The van der Waals surface area contributed by atoms with Gasteiger partial charge in [-0.3, -0.25) is 4.79 Å². The third-order valence-corrected chi connectivity index (χ3v) is 4.02. The molecule has 2 heteroatoms. The molecule has 0 radical (unpaired) electrons. The lowest BCUT2D eigenvalue weighted by atomic mass is 10.0. The fraction of sp³-hybridized carbons (Fsp3) is 0.350. The number of hydrogen-bond donors (Lipinski definition) is 1. The molecule has 2 aromatic carbocycles. The molecule has 0 spiro atoms. The lowest BCUT2D eigenvalue weighted by Crippen LogP contribution is -2.29. The maximum Gasteiger partial charge on any atom is 0.224 e. The summed E-state index contributed by atoms with van der Waals surface area (Å²) in [5.41, 5.74) is 4.77. The molecule has 0 aliphatic heterocycles. The average Bonchev–Trinajstić information content (AvgIpc) is 2.54. The normalized spacial score (nSPS) is 12.0. The number of benzene rings is 2. The van der Waals surface area contributed by atoms with Crippen LogP contribution in [0.4, 0.5) is 0 Å². The highest BCUT2D eigenvalue weighted by molar-refractivity contribution is 5.79. The van der Waals surface area contributed by atoms with E-state index in [4.69, 9.17) is 0 Å². The smallest absolute Gasteiger partial charge is 0.224 e. The molecule has 2 aromatic rings. The van der Waals surface area contributed by atoms with Crippen LogP contribution in [0.3, 0.4) is 0 Å². The van der Waals surface area contributed by atoms with E-state index in [0.717, 1.165) is 18.4 Å². The second-order valence-electron chi connectivity index (χ2n) is 5.79. The minimum atomic E-state index is 0.0803. The molecule has 1 amide bonds. The minimum absolute atomic E-state index is 0.0803. The van der Waals surface area contributed by atoms with Crippen LogP contribution in [0.15, 0.2) is 48.5 Å². The molecule has 1 N–H and O–H groups in total. The van der Waals surface area contributed by atoms with Gasteiger partial charge in [0.25, 0.3) is 0 Å². The Hall–Kier alpha value is -2.09. The zero-order valence-corrected chi connectivity index (χ0v) is 13.7. The van der Waals surface area contributed by atoms with E-state index in [1.807, 2.05) is 12.1 Å². The van der Waals surface area contributed by atoms with Crippen LogP contribution in [-0.4, -0.2) is 5.91 Å². The number of aryl methyl sites for hydroxylation is 2. The first-order chi connectivity index (χ1) is 10.6. The molecule has 1 atom stereocenters. The van der Waals surface area contributed by atoms with Gasteiger partial charge < -0.3 is 5.32 Å². The van der Waals surface area contributed by atoms with Crippen molar-refractivity contribution in [1.29, 1.82) is 0 Å². The van der Waals surface area contributed by atoms with Crippen LogP contribution in [0.25, 0.3) is 0 Å². The predicted octanol–water partition coefficient (Wildman–Crippen LogP) is 4.37. The number of nitrogens with one attached hydrogen (secondary N) is 1. The molecule has 116 valence electrons. The molecule has 0 fully saturated rings. The molecule has 0 saturated heterocycles. The Morgan fingerprint density at radius 3 is 2.09 bits per heavy atom. The predicted molar refractivity (Wildman–Crippen MR) is 91.9 cm³/mol. The summed E-state index contributed by atoms with van der Waals surface area (Å²) in [6, 6.07) is 16.7. The molecule has 0 aliphatic carbocycles. The van der Waals surface area contributed by atoms with Crippen molar-refractivity contribution in [2.75, 3.05) is 0 Å². The lowest BCUT2D eigenvalue weighted by Gasteiger charge is -2.18. The van der Waals surface area contributed by atoms with Crippen LogP contribution >= 0.6 is 0 Å². The Balaban J connectivity index is 1.98. The van der Waals surface area contributed by atoms with Gasteiger partial charge in [-0.1, -0.05) is 67.9 Å². The standard InChI is InChI=1S/C20H25NO/c1-4-16-8-10-17(11-9-16)14-20(22)21-19(5-2)18-12-6-15(3)7-13-18/h6-13,19H,4-5,14H2,1-3H3,(H,21,22)/t19-/m0/s1. The number of hydrogen-bond acceptors (Lipinski definition) is 1. The molecule has 2 nitrogen and oxygen atoms in total. The maximum absolute atomic E-state index is 12.3. The van der Waals surface area contributed by atoms with Gasteiger partial charge in [0, 0.05) is 0 Å². The van der Waals surface area contributed by atoms with Gasteiger partial charge in [-0.25, -0.2) is 0 Å². The zero-order chi connectivity index (χ0) is 15.9. The Morgan fingerprint density at radius 1 is 0.955 bits per heavy atom. The first kappa shape index (κ1) is 16.3. The van der Waals surface area contributed by atoms with Gasteiger partial charge in [0.1, 0.15) is 0 Å². The van der Waals surface area contributed by atoms with Crippen molar-refractivity contribution in [2.45, 2.75) is 46.1 Å². The maximum atomic E-state index is 12.3. The van der Waals surface area contributed by atoms with E-state index >= 15 is 0 Å². The lowest BCUT2D eigenvalue weighted by molar-refractivity contribution is -0.121. The Morgan fingerprint density at radius 2 is 1.55 bits per heavy atom. The van der Waals surface area contributed by atoms with E-state index in [2.05, 4.69) is 62.5 Å². The van der Waals surface area contributed by atoms with Gasteiger partial charge in [-0.15, -0.1) is 0 Å². The summed E-state index contributed by atoms with van der Waals surface area (Å²) < 4.78 is 0. The molecule has 0 saturated carbocycles. The molecular weight excluding hydrogens is 270 g/mol. The second kappa shape index (κ2) is 7.79. The minimum Gasteiger partial charge on any atom is -0.349 e. The molecule has 0 unspecified atom stereocenters. The fourth-order valence-electron chi connectivity index (χ4n) is 2.54. The fourth-order valence-corrected chi connectivity index (χ4v) is 2.54. The summed E-state index contributed by atoms with van der Waals surface area (Å²) in [7, 11) is 0. The average molecular weight is 295 g/mol. The highest BCUT2D eigenvalue weighted by atomic mass is 16.1.